The molecule has 5 nitrogen and oxygen atoms in total. The van der Waals surface area contributed by atoms with Gasteiger partial charge < -0.3 is 10.5 Å². The number of fused-ring (bicyclic) bond motifs is 1. The van der Waals surface area contributed by atoms with Crippen LogP contribution in [0, 0.1) is 0 Å². The van der Waals surface area contributed by atoms with Crippen molar-refractivity contribution in [3.8, 4) is 0 Å². The second kappa shape index (κ2) is 4.74. The van der Waals surface area contributed by atoms with Crippen LogP contribution in [0.15, 0.2) is 0 Å². The zero-order chi connectivity index (χ0) is 12.8. The van der Waals surface area contributed by atoms with Gasteiger partial charge in [-0.1, -0.05) is 12.8 Å². The molecule has 2 heterocycles. The van der Waals surface area contributed by atoms with Gasteiger partial charge in [0.2, 0.25) is 0 Å². The largest absolute Gasteiger partial charge is 0.375 e. The molecule has 0 amide bonds. The summed E-state index contributed by atoms with van der Waals surface area (Å²) < 4.78 is 29.3. The summed E-state index contributed by atoms with van der Waals surface area (Å²) in [4.78, 5) is 2.34. The highest BCUT2D eigenvalue weighted by Gasteiger charge is 2.44. The first-order valence-corrected chi connectivity index (χ1v) is 8.72. The first kappa shape index (κ1) is 12.8. The van der Waals surface area contributed by atoms with E-state index in [-0.39, 0.29) is 23.6 Å². The number of nitrogens with zero attached hydrogens (tertiary/aromatic N) is 1. The Labute approximate surface area is 109 Å². The quantitative estimate of drug-likeness (QED) is 0.714. The van der Waals surface area contributed by atoms with Gasteiger partial charge in [0, 0.05) is 24.7 Å². The van der Waals surface area contributed by atoms with Crippen molar-refractivity contribution in [3.63, 3.8) is 0 Å². The number of morpholine rings is 1. The van der Waals surface area contributed by atoms with Gasteiger partial charge in [-0.05, 0) is 12.8 Å². The fourth-order valence-corrected chi connectivity index (χ4v) is 5.64. The lowest BCUT2D eigenvalue weighted by Gasteiger charge is -2.47. The van der Waals surface area contributed by atoms with Crippen molar-refractivity contribution >= 4 is 9.84 Å². The summed E-state index contributed by atoms with van der Waals surface area (Å²) in [5.74, 6) is 0.379. The molecule has 0 bridgehead atoms. The second-order valence-electron chi connectivity index (χ2n) is 5.81. The van der Waals surface area contributed by atoms with E-state index in [0.717, 1.165) is 19.4 Å². The minimum atomic E-state index is -2.94. The van der Waals surface area contributed by atoms with E-state index in [1.165, 1.54) is 12.8 Å². The Morgan fingerprint density at radius 2 is 1.89 bits per heavy atom. The Balaban J connectivity index is 1.78. The van der Waals surface area contributed by atoms with Gasteiger partial charge in [-0.25, -0.2) is 8.42 Å². The molecule has 18 heavy (non-hydrogen) atoms. The van der Waals surface area contributed by atoms with Gasteiger partial charge in [-0.3, -0.25) is 4.90 Å². The van der Waals surface area contributed by atoms with Crippen molar-refractivity contribution in [1.29, 1.82) is 0 Å². The molecule has 0 spiro atoms. The minimum absolute atomic E-state index is 0.00417. The molecule has 1 saturated carbocycles. The summed E-state index contributed by atoms with van der Waals surface area (Å²) in [6.07, 6.45) is 4.96. The second-order valence-corrected chi connectivity index (χ2v) is 7.96. The van der Waals surface area contributed by atoms with E-state index in [4.69, 9.17) is 10.5 Å². The van der Waals surface area contributed by atoms with Crippen LogP contribution in [0.5, 0.6) is 0 Å². The maximum atomic E-state index is 11.7. The molecule has 3 fully saturated rings. The van der Waals surface area contributed by atoms with E-state index < -0.39 is 9.84 Å². The lowest BCUT2D eigenvalue weighted by molar-refractivity contribution is -0.101. The summed E-state index contributed by atoms with van der Waals surface area (Å²) in [7, 11) is -2.94. The molecule has 3 rings (SSSR count). The fraction of sp³-hybridized carbons (Fsp3) is 1.00. The molecule has 0 radical (unpaired) electrons. The molecule has 6 heteroatoms. The molecule has 0 aromatic carbocycles. The average Bonchev–Trinajstić information content (AvgIpc) is 2.62. The van der Waals surface area contributed by atoms with Gasteiger partial charge in [-0.2, -0.15) is 0 Å². The normalized spacial score (nSPS) is 44.7. The van der Waals surface area contributed by atoms with Gasteiger partial charge in [0.1, 0.15) is 0 Å². The summed E-state index contributed by atoms with van der Waals surface area (Å²) in [6, 6.07) is 0.164. The lowest BCUT2D eigenvalue weighted by atomic mass is 9.88. The van der Waals surface area contributed by atoms with Crippen LogP contribution in [0.25, 0.3) is 0 Å². The third-order valence-electron chi connectivity index (χ3n) is 4.57. The zero-order valence-electron chi connectivity index (χ0n) is 10.6. The van der Waals surface area contributed by atoms with Crippen LogP contribution in [-0.4, -0.2) is 62.2 Å². The molecule has 0 aromatic heterocycles. The molecule has 2 aliphatic heterocycles. The molecule has 4 atom stereocenters. The van der Waals surface area contributed by atoms with Crippen LogP contribution in [-0.2, 0) is 14.6 Å². The number of hydrogen-bond acceptors (Lipinski definition) is 5. The van der Waals surface area contributed by atoms with E-state index in [2.05, 4.69) is 4.90 Å². The average molecular weight is 274 g/mol. The first-order valence-electron chi connectivity index (χ1n) is 6.90. The van der Waals surface area contributed by atoms with Crippen LogP contribution in [0.4, 0.5) is 0 Å². The van der Waals surface area contributed by atoms with Crippen molar-refractivity contribution in [3.05, 3.63) is 0 Å². The number of ether oxygens (including phenoxy) is 1. The Morgan fingerprint density at radius 3 is 2.61 bits per heavy atom. The van der Waals surface area contributed by atoms with Crippen LogP contribution >= 0.6 is 0 Å². The molecular weight excluding hydrogens is 252 g/mol. The lowest BCUT2D eigenvalue weighted by Crippen LogP contribution is -2.60. The standard InChI is InChI=1S/C12H22N2O3S/c13-9-7-18(15,16)8-11(9)14-5-6-17-12-4-2-1-3-10(12)14/h9-12H,1-8,13H2. The summed E-state index contributed by atoms with van der Waals surface area (Å²) in [6.45, 7) is 1.54. The number of nitrogens with two attached hydrogens (primary N) is 1. The summed E-state index contributed by atoms with van der Waals surface area (Å²) in [5.41, 5.74) is 6.05. The molecule has 1 aliphatic carbocycles. The van der Waals surface area contributed by atoms with E-state index in [1.807, 2.05) is 0 Å². The van der Waals surface area contributed by atoms with E-state index >= 15 is 0 Å². The van der Waals surface area contributed by atoms with Crippen molar-refractivity contribution in [2.75, 3.05) is 24.7 Å². The summed E-state index contributed by atoms with van der Waals surface area (Å²) in [5, 5.41) is 0. The smallest absolute Gasteiger partial charge is 0.153 e. The van der Waals surface area contributed by atoms with Gasteiger partial charge in [0.05, 0.1) is 24.2 Å². The predicted molar refractivity (Wildman–Crippen MR) is 69.1 cm³/mol. The summed E-state index contributed by atoms with van der Waals surface area (Å²) >= 11 is 0. The Kier molecular flexibility index (Phi) is 3.38. The van der Waals surface area contributed by atoms with Crippen molar-refractivity contribution < 1.29 is 13.2 Å². The molecular formula is C12H22N2O3S. The monoisotopic (exact) mass is 274 g/mol. The van der Waals surface area contributed by atoms with Gasteiger partial charge in [0.15, 0.2) is 9.84 Å². The fourth-order valence-electron chi connectivity index (χ4n) is 3.74. The van der Waals surface area contributed by atoms with Crippen molar-refractivity contribution in [1.82, 2.24) is 4.90 Å². The number of sulfone groups is 1. The Hall–Kier alpha value is -0.170. The van der Waals surface area contributed by atoms with E-state index in [9.17, 15) is 8.42 Å². The Morgan fingerprint density at radius 1 is 1.11 bits per heavy atom. The van der Waals surface area contributed by atoms with Gasteiger partial charge in [0.25, 0.3) is 0 Å². The molecule has 0 aromatic rings. The van der Waals surface area contributed by atoms with Crippen LogP contribution in [0.2, 0.25) is 0 Å². The van der Waals surface area contributed by atoms with Crippen LogP contribution in [0.1, 0.15) is 25.7 Å². The molecule has 4 unspecified atom stereocenters. The van der Waals surface area contributed by atoms with E-state index in [1.54, 1.807) is 0 Å². The minimum Gasteiger partial charge on any atom is -0.375 e. The number of rotatable bonds is 1. The van der Waals surface area contributed by atoms with Gasteiger partial charge >= 0.3 is 0 Å². The maximum Gasteiger partial charge on any atom is 0.153 e. The van der Waals surface area contributed by atoms with E-state index in [0.29, 0.717) is 18.8 Å². The first-order chi connectivity index (χ1) is 8.57. The topological polar surface area (TPSA) is 72.6 Å². The van der Waals surface area contributed by atoms with Crippen molar-refractivity contribution in [2.45, 2.75) is 49.9 Å². The SMILES string of the molecule is NC1CS(=O)(=O)CC1N1CCOC2CCCCC21. The molecule has 2 N–H and O–H groups in total. The maximum absolute atomic E-state index is 11.7. The molecule has 3 aliphatic rings. The van der Waals surface area contributed by atoms with Crippen molar-refractivity contribution in [2.24, 2.45) is 5.73 Å². The van der Waals surface area contributed by atoms with Crippen LogP contribution < -0.4 is 5.73 Å². The third-order valence-corrected chi connectivity index (χ3v) is 6.31. The predicted octanol–water partition coefficient (Wildman–Crippen LogP) is -0.246. The highest BCUT2D eigenvalue weighted by molar-refractivity contribution is 7.91. The zero-order valence-corrected chi connectivity index (χ0v) is 11.4. The van der Waals surface area contributed by atoms with Crippen LogP contribution in [0.3, 0.4) is 0 Å². The Bertz CT molecular complexity index is 410. The van der Waals surface area contributed by atoms with Gasteiger partial charge in [-0.15, -0.1) is 0 Å². The number of hydrogen-bond donors (Lipinski definition) is 1. The highest BCUT2D eigenvalue weighted by Crippen LogP contribution is 2.32. The molecule has 2 saturated heterocycles. The molecule has 104 valence electrons. The highest BCUT2D eigenvalue weighted by atomic mass is 32.2. The third kappa shape index (κ3) is 2.31.